The fraction of sp³-hybridized carbons (Fsp3) is 0.361. The average Bonchev–Trinajstić information content (AvgIpc) is 3.49. The maximum Gasteiger partial charge on any atom is 0.274 e. The Morgan fingerprint density at radius 1 is 1.02 bits per heavy atom. The molecule has 0 saturated heterocycles. The molecule has 0 aliphatic carbocycles. The third kappa shape index (κ3) is 7.87. The Morgan fingerprint density at radius 2 is 1.73 bits per heavy atom. The number of rotatable bonds is 13. The Bertz CT molecular complexity index is 1780. The molecule has 0 bridgehead atoms. The van der Waals surface area contributed by atoms with Gasteiger partial charge in [-0.25, -0.2) is 13.5 Å². The van der Waals surface area contributed by atoms with E-state index in [-0.39, 0.29) is 37.8 Å². The Balaban J connectivity index is 1.53. The lowest BCUT2D eigenvalue weighted by Crippen LogP contribution is -2.46. The van der Waals surface area contributed by atoms with Crippen LogP contribution >= 0.6 is 15.9 Å². The number of aliphatic hydroxyl groups is 1. The lowest BCUT2D eigenvalue weighted by molar-refractivity contribution is 0.0544. The number of aliphatic hydroxyl groups excluding tert-OH is 1. The van der Waals surface area contributed by atoms with Gasteiger partial charge in [0.15, 0.2) is 5.69 Å². The zero-order chi connectivity index (χ0) is 34.4. The van der Waals surface area contributed by atoms with E-state index in [2.05, 4.69) is 34.8 Å². The first-order valence-electron chi connectivity index (χ1n) is 16.3. The van der Waals surface area contributed by atoms with Crippen molar-refractivity contribution in [1.29, 1.82) is 0 Å². The predicted octanol–water partition coefficient (Wildman–Crippen LogP) is 6.18. The van der Waals surface area contributed by atoms with Crippen molar-refractivity contribution in [2.75, 3.05) is 24.7 Å². The standard InChI is InChI=1S/C36H40BrF2N5O3Si/c1-4-6-14-42(15-7-5-2)36(47)32-16-23(3)44(40-32)33-13-12-26(41-48-34-20-30(38)29(37)19-31(34)39)18-28(33)35(46)43-21-25-11-9-8-10-24(25)17-27(43)22-45/h8-13,16,18-20,27,41,45H,4-7,14-15,17,21-22H2,1-3H3/t27-/m0/s1. The second-order valence-corrected chi connectivity index (χ2v) is 13.9. The third-order valence-electron chi connectivity index (χ3n) is 8.59. The molecule has 2 radical (unpaired) electrons. The largest absolute Gasteiger partial charge is 0.408 e. The number of hydrogen-bond donors (Lipinski definition) is 2. The summed E-state index contributed by atoms with van der Waals surface area (Å²) >= 11 is 3.01. The van der Waals surface area contributed by atoms with Gasteiger partial charge >= 0.3 is 0 Å². The van der Waals surface area contributed by atoms with E-state index in [0.717, 1.165) is 48.9 Å². The first kappa shape index (κ1) is 35.4. The third-order valence-corrected chi connectivity index (χ3v) is 10.3. The van der Waals surface area contributed by atoms with Gasteiger partial charge in [0, 0.05) is 31.0 Å². The fourth-order valence-corrected chi connectivity index (χ4v) is 7.01. The van der Waals surface area contributed by atoms with E-state index in [0.29, 0.717) is 54.4 Å². The van der Waals surface area contributed by atoms with Crippen LogP contribution < -0.4 is 10.2 Å². The van der Waals surface area contributed by atoms with Crippen molar-refractivity contribution in [1.82, 2.24) is 19.6 Å². The Hall–Kier alpha value is -3.87. The first-order chi connectivity index (χ1) is 23.1. The molecule has 5 rings (SSSR count). The Kier molecular flexibility index (Phi) is 11.8. The van der Waals surface area contributed by atoms with Crippen molar-refractivity contribution < 1.29 is 23.5 Å². The van der Waals surface area contributed by atoms with Gasteiger partial charge in [-0.15, -0.1) is 0 Å². The summed E-state index contributed by atoms with van der Waals surface area (Å²) in [6.45, 7) is 7.42. The summed E-state index contributed by atoms with van der Waals surface area (Å²) < 4.78 is 30.5. The molecule has 0 fully saturated rings. The van der Waals surface area contributed by atoms with Crippen molar-refractivity contribution in [2.45, 2.75) is 65.5 Å². The van der Waals surface area contributed by atoms with Crippen molar-refractivity contribution in [3.8, 4) is 5.69 Å². The van der Waals surface area contributed by atoms with Gasteiger partial charge in [-0.05, 0) is 94.8 Å². The molecule has 0 saturated carbocycles. The van der Waals surface area contributed by atoms with E-state index in [9.17, 15) is 23.5 Å². The van der Waals surface area contributed by atoms with Gasteiger partial charge in [0.05, 0.1) is 28.4 Å². The number of carbonyl (C=O) groups excluding carboxylic acids is 2. The molecule has 4 aromatic rings. The number of aromatic nitrogens is 2. The fourth-order valence-electron chi connectivity index (χ4n) is 5.87. The summed E-state index contributed by atoms with van der Waals surface area (Å²) in [7, 11) is -0.325. The molecule has 2 amide bonds. The monoisotopic (exact) mass is 735 g/mol. The Morgan fingerprint density at radius 3 is 2.42 bits per heavy atom. The first-order valence-corrected chi connectivity index (χ1v) is 18.1. The average molecular weight is 737 g/mol. The van der Waals surface area contributed by atoms with Crippen LogP contribution in [-0.4, -0.2) is 71.9 Å². The second-order valence-electron chi connectivity index (χ2n) is 12.1. The number of nitrogens with zero attached hydrogens (tertiary/aromatic N) is 4. The smallest absolute Gasteiger partial charge is 0.274 e. The van der Waals surface area contributed by atoms with Gasteiger partial charge in [0.1, 0.15) is 11.6 Å². The molecular weight excluding hydrogens is 696 g/mol. The number of aryl methyl sites for hydroxylation is 1. The quantitative estimate of drug-likeness (QED) is 0.127. The molecule has 2 heterocycles. The Labute approximate surface area is 291 Å². The molecule has 48 heavy (non-hydrogen) atoms. The van der Waals surface area contributed by atoms with E-state index >= 15 is 0 Å². The zero-order valence-electron chi connectivity index (χ0n) is 27.4. The van der Waals surface area contributed by atoms with Gasteiger partial charge in [-0.1, -0.05) is 51.0 Å². The van der Waals surface area contributed by atoms with Crippen LogP contribution in [0.2, 0.25) is 0 Å². The maximum absolute atomic E-state index is 14.6. The van der Waals surface area contributed by atoms with Crippen LogP contribution in [-0.2, 0) is 13.0 Å². The SMILES string of the molecule is CCCCN(CCCC)C(=O)c1cc(C)n(-c2ccc(N[Si]c3cc(F)c(Br)cc3F)cc2C(=O)N2Cc3ccccc3C[C@H]2CO)n1. The van der Waals surface area contributed by atoms with Crippen LogP contribution in [0.15, 0.2) is 65.1 Å². The van der Waals surface area contributed by atoms with E-state index in [4.69, 9.17) is 5.10 Å². The van der Waals surface area contributed by atoms with E-state index < -0.39 is 17.7 Å². The summed E-state index contributed by atoms with van der Waals surface area (Å²) in [6.07, 6.45) is 4.23. The van der Waals surface area contributed by atoms with Crippen molar-refractivity contribution in [2.24, 2.45) is 0 Å². The van der Waals surface area contributed by atoms with Crippen LogP contribution in [0.3, 0.4) is 0 Å². The second kappa shape index (κ2) is 16.0. The predicted molar refractivity (Wildman–Crippen MR) is 188 cm³/mol. The van der Waals surface area contributed by atoms with Crippen molar-refractivity contribution >= 4 is 48.3 Å². The maximum atomic E-state index is 14.6. The van der Waals surface area contributed by atoms with E-state index in [1.54, 1.807) is 33.8 Å². The van der Waals surface area contributed by atoms with E-state index in [1.807, 2.05) is 36.1 Å². The molecule has 0 spiro atoms. The molecule has 1 aliphatic heterocycles. The number of carbonyl (C=O) groups is 2. The molecule has 2 N–H and O–H groups in total. The van der Waals surface area contributed by atoms with Crippen LogP contribution in [0, 0.1) is 18.6 Å². The summed E-state index contributed by atoms with van der Waals surface area (Å²) in [5.74, 6) is -1.60. The lowest BCUT2D eigenvalue weighted by Gasteiger charge is -2.36. The van der Waals surface area contributed by atoms with Crippen molar-refractivity contribution in [3.05, 3.63) is 105 Å². The highest BCUT2D eigenvalue weighted by Gasteiger charge is 2.32. The minimum Gasteiger partial charge on any atom is -0.408 e. The minimum absolute atomic E-state index is 0.0404. The number of halogens is 3. The van der Waals surface area contributed by atoms with Crippen LogP contribution in [0.1, 0.15) is 77.2 Å². The van der Waals surface area contributed by atoms with Crippen LogP contribution in [0.25, 0.3) is 5.69 Å². The number of anilines is 1. The lowest BCUT2D eigenvalue weighted by atomic mass is 9.93. The van der Waals surface area contributed by atoms with Crippen LogP contribution in [0.5, 0.6) is 0 Å². The van der Waals surface area contributed by atoms with Gasteiger partial charge in [0.2, 0.25) is 9.68 Å². The summed E-state index contributed by atoms with van der Waals surface area (Å²) in [5.41, 5.74) is 4.35. The number of fused-ring (bicyclic) bond motifs is 1. The normalized spacial score (nSPS) is 14.1. The summed E-state index contributed by atoms with van der Waals surface area (Å²) in [4.78, 5) is 34.8. The summed E-state index contributed by atoms with van der Waals surface area (Å²) in [6, 6.07) is 16.6. The molecule has 1 aliphatic rings. The molecule has 12 heteroatoms. The molecule has 252 valence electrons. The molecule has 8 nitrogen and oxygen atoms in total. The summed E-state index contributed by atoms with van der Waals surface area (Å²) in [5, 5.41) is 15.2. The molecule has 3 aromatic carbocycles. The highest BCUT2D eigenvalue weighted by molar-refractivity contribution is 9.10. The van der Waals surface area contributed by atoms with Gasteiger partial charge < -0.3 is 19.9 Å². The van der Waals surface area contributed by atoms with Crippen LogP contribution in [0.4, 0.5) is 14.5 Å². The van der Waals surface area contributed by atoms with Gasteiger partial charge in [-0.2, -0.15) is 5.10 Å². The molecule has 1 atom stereocenters. The van der Waals surface area contributed by atoms with Gasteiger partial charge in [-0.3, -0.25) is 9.59 Å². The number of benzene rings is 3. The molecule has 1 aromatic heterocycles. The molecular formula is C36H40BrF2N5O3Si. The minimum atomic E-state index is -0.574. The highest BCUT2D eigenvalue weighted by Crippen LogP contribution is 2.29. The highest BCUT2D eigenvalue weighted by atomic mass is 79.9. The number of hydrogen-bond acceptors (Lipinski definition) is 5. The topological polar surface area (TPSA) is 90.7 Å². The number of unbranched alkanes of at least 4 members (excludes halogenated alkanes) is 2. The zero-order valence-corrected chi connectivity index (χ0v) is 30.0. The molecule has 0 unspecified atom stereocenters. The van der Waals surface area contributed by atoms with E-state index in [1.165, 1.54) is 0 Å². The van der Waals surface area contributed by atoms with Crippen molar-refractivity contribution in [3.63, 3.8) is 0 Å². The number of amides is 2. The number of nitrogens with one attached hydrogen (secondary N) is 1. The van der Waals surface area contributed by atoms with Gasteiger partial charge in [0.25, 0.3) is 11.8 Å².